The van der Waals surface area contributed by atoms with E-state index in [4.69, 9.17) is 4.52 Å². The summed E-state index contributed by atoms with van der Waals surface area (Å²) in [6.07, 6.45) is 0. The summed E-state index contributed by atoms with van der Waals surface area (Å²) in [7, 11) is 4.25. The second kappa shape index (κ2) is 6.17. The van der Waals surface area contributed by atoms with Crippen molar-refractivity contribution >= 4 is 0 Å². The number of nitrogens with zero attached hydrogens (tertiary/aromatic N) is 2. The fourth-order valence-electron chi connectivity index (χ4n) is 2.11. The van der Waals surface area contributed by atoms with Crippen LogP contribution in [0.4, 0.5) is 0 Å². The quantitative estimate of drug-likeness (QED) is 0.824. The first-order valence-electron chi connectivity index (χ1n) is 6.22. The monoisotopic (exact) mass is 239 g/mol. The molecule has 0 aliphatic heterocycles. The van der Waals surface area contributed by atoms with E-state index in [1.807, 2.05) is 13.8 Å². The van der Waals surface area contributed by atoms with E-state index in [2.05, 4.69) is 43.3 Å². The normalized spacial score (nSPS) is 13.6. The minimum Gasteiger partial charge on any atom is -0.361 e. The van der Waals surface area contributed by atoms with Crippen molar-refractivity contribution in [3.8, 4) is 0 Å². The maximum atomic E-state index is 5.15. The average molecular weight is 239 g/mol. The van der Waals surface area contributed by atoms with Gasteiger partial charge >= 0.3 is 0 Å². The van der Waals surface area contributed by atoms with E-state index in [1.54, 1.807) is 0 Å². The molecule has 0 aromatic carbocycles. The molecule has 1 rings (SSSR count). The molecule has 1 aromatic heterocycles. The molecule has 1 unspecified atom stereocenters. The summed E-state index contributed by atoms with van der Waals surface area (Å²) in [6, 6.07) is 0.551. The molecule has 1 N–H and O–H groups in total. The van der Waals surface area contributed by atoms with Crippen molar-refractivity contribution in [2.75, 3.05) is 20.6 Å². The van der Waals surface area contributed by atoms with Gasteiger partial charge < -0.3 is 14.7 Å². The lowest BCUT2D eigenvalue weighted by Gasteiger charge is -2.28. The topological polar surface area (TPSA) is 41.3 Å². The summed E-state index contributed by atoms with van der Waals surface area (Å²) in [5.41, 5.74) is 2.17. The summed E-state index contributed by atoms with van der Waals surface area (Å²) >= 11 is 0. The molecule has 0 amide bonds. The van der Waals surface area contributed by atoms with Crippen molar-refractivity contribution in [3.05, 3.63) is 17.0 Å². The van der Waals surface area contributed by atoms with Gasteiger partial charge in [-0.2, -0.15) is 0 Å². The van der Waals surface area contributed by atoms with E-state index >= 15 is 0 Å². The second-order valence-electron chi connectivity index (χ2n) is 5.21. The third-order valence-electron chi connectivity index (χ3n) is 3.27. The van der Waals surface area contributed by atoms with Gasteiger partial charge in [-0.3, -0.25) is 0 Å². The van der Waals surface area contributed by atoms with Crippen molar-refractivity contribution in [3.63, 3.8) is 0 Å². The SMILES string of the molecule is Cc1noc(C)c1CNCC(C(C)C)N(C)C. The molecule has 4 nitrogen and oxygen atoms in total. The molecule has 4 heteroatoms. The van der Waals surface area contributed by atoms with E-state index in [0.717, 1.165) is 24.5 Å². The molecule has 0 aliphatic rings. The van der Waals surface area contributed by atoms with Crippen LogP contribution in [0.5, 0.6) is 0 Å². The largest absolute Gasteiger partial charge is 0.361 e. The van der Waals surface area contributed by atoms with Crippen LogP contribution in [0.25, 0.3) is 0 Å². The molecule has 1 aromatic rings. The van der Waals surface area contributed by atoms with Crippen LogP contribution in [0.1, 0.15) is 30.9 Å². The molecular formula is C13H25N3O. The van der Waals surface area contributed by atoms with Crippen LogP contribution in [0.3, 0.4) is 0 Å². The van der Waals surface area contributed by atoms with Crippen molar-refractivity contribution in [1.82, 2.24) is 15.4 Å². The highest BCUT2D eigenvalue weighted by Gasteiger charge is 2.16. The Morgan fingerprint density at radius 3 is 2.35 bits per heavy atom. The summed E-state index contributed by atoms with van der Waals surface area (Å²) in [5.74, 6) is 1.56. The van der Waals surface area contributed by atoms with Gasteiger partial charge in [-0.25, -0.2) is 0 Å². The number of nitrogens with one attached hydrogen (secondary N) is 1. The van der Waals surface area contributed by atoms with E-state index < -0.39 is 0 Å². The van der Waals surface area contributed by atoms with Crippen LogP contribution < -0.4 is 5.32 Å². The first-order valence-corrected chi connectivity index (χ1v) is 6.22. The number of hydrogen-bond donors (Lipinski definition) is 1. The predicted octanol–water partition coefficient (Wildman–Crippen LogP) is 1.97. The highest BCUT2D eigenvalue weighted by molar-refractivity contribution is 5.20. The number of rotatable bonds is 6. The summed E-state index contributed by atoms with van der Waals surface area (Å²) < 4.78 is 5.15. The minimum atomic E-state index is 0.551. The smallest absolute Gasteiger partial charge is 0.138 e. The molecule has 17 heavy (non-hydrogen) atoms. The van der Waals surface area contributed by atoms with Gasteiger partial charge in [0.2, 0.25) is 0 Å². The van der Waals surface area contributed by atoms with Gasteiger partial charge in [-0.15, -0.1) is 0 Å². The van der Waals surface area contributed by atoms with E-state index in [0.29, 0.717) is 12.0 Å². The van der Waals surface area contributed by atoms with Crippen LogP contribution in [0.2, 0.25) is 0 Å². The van der Waals surface area contributed by atoms with Gasteiger partial charge in [0.1, 0.15) is 5.76 Å². The second-order valence-corrected chi connectivity index (χ2v) is 5.21. The van der Waals surface area contributed by atoms with Crippen molar-refractivity contribution < 1.29 is 4.52 Å². The summed E-state index contributed by atoms with van der Waals surface area (Å²) in [6.45, 7) is 10.3. The molecule has 0 fully saturated rings. The fourth-order valence-corrected chi connectivity index (χ4v) is 2.11. The van der Waals surface area contributed by atoms with Gasteiger partial charge in [-0.05, 0) is 33.9 Å². The molecule has 0 bridgehead atoms. The minimum absolute atomic E-state index is 0.551. The first-order chi connectivity index (χ1) is 7.93. The van der Waals surface area contributed by atoms with Crippen molar-refractivity contribution in [1.29, 1.82) is 0 Å². The van der Waals surface area contributed by atoms with Crippen LogP contribution in [-0.4, -0.2) is 36.7 Å². The summed E-state index contributed by atoms with van der Waals surface area (Å²) in [4.78, 5) is 2.27. The van der Waals surface area contributed by atoms with Crippen LogP contribution in [-0.2, 0) is 6.54 Å². The predicted molar refractivity (Wildman–Crippen MR) is 70.0 cm³/mol. The molecular weight excluding hydrogens is 214 g/mol. The number of hydrogen-bond acceptors (Lipinski definition) is 4. The number of aromatic nitrogens is 1. The molecule has 1 atom stereocenters. The highest BCUT2D eigenvalue weighted by atomic mass is 16.5. The van der Waals surface area contributed by atoms with Crippen molar-refractivity contribution in [2.45, 2.75) is 40.3 Å². The zero-order valence-corrected chi connectivity index (χ0v) is 11.9. The molecule has 0 saturated carbocycles. The van der Waals surface area contributed by atoms with Crippen LogP contribution in [0, 0.1) is 19.8 Å². The Hall–Kier alpha value is -0.870. The lowest BCUT2D eigenvalue weighted by molar-refractivity contribution is 0.224. The Bertz CT molecular complexity index is 317. The average Bonchev–Trinajstić information content (AvgIpc) is 2.53. The van der Waals surface area contributed by atoms with Crippen LogP contribution in [0.15, 0.2) is 4.52 Å². The Morgan fingerprint density at radius 2 is 1.94 bits per heavy atom. The maximum absolute atomic E-state index is 5.15. The van der Waals surface area contributed by atoms with Crippen LogP contribution >= 0.6 is 0 Å². The molecule has 1 heterocycles. The Morgan fingerprint density at radius 1 is 1.29 bits per heavy atom. The Kier molecular flexibility index (Phi) is 5.15. The third-order valence-corrected chi connectivity index (χ3v) is 3.27. The first kappa shape index (κ1) is 14.2. The Labute approximate surface area is 104 Å². The van der Waals surface area contributed by atoms with Crippen molar-refractivity contribution in [2.24, 2.45) is 5.92 Å². The maximum Gasteiger partial charge on any atom is 0.138 e. The zero-order valence-electron chi connectivity index (χ0n) is 11.9. The molecule has 98 valence electrons. The lowest BCUT2D eigenvalue weighted by Crippen LogP contribution is -2.41. The molecule has 0 radical (unpaired) electrons. The molecule has 0 saturated heterocycles. The van der Waals surface area contributed by atoms with E-state index in [9.17, 15) is 0 Å². The van der Waals surface area contributed by atoms with Gasteiger partial charge in [0.25, 0.3) is 0 Å². The van der Waals surface area contributed by atoms with Gasteiger partial charge in [0.05, 0.1) is 5.69 Å². The Balaban J connectivity index is 2.47. The van der Waals surface area contributed by atoms with E-state index in [1.165, 1.54) is 5.56 Å². The molecule has 0 aliphatic carbocycles. The third kappa shape index (κ3) is 3.82. The van der Waals surface area contributed by atoms with Gasteiger partial charge in [0.15, 0.2) is 0 Å². The van der Waals surface area contributed by atoms with E-state index in [-0.39, 0.29) is 0 Å². The van der Waals surface area contributed by atoms with Gasteiger partial charge in [0, 0.05) is 24.7 Å². The number of aryl methyl sites for hydroxylation is 2. The fraction of sp³-hybridized carbons (Fsp3) is 0.769. The highest BCUT2D eigenvalue weighted by Crippen LogP contribution is 2.12. The summed E-state index contributed by atoms with van der Waals surface area (Å²) in [5, 5.41) is 7.45. The van der Waals surface area contributed by atoms with Gasteiger partial charge in [-0.1, -0.05) is 19.0 Å². The molecule has 0 spiro atoms. The lowest BCUT2D eigenvalue weighted by atomic mass is 10.0. The standard InChI is InChI=1S/C13H25N3O/c1-9(2)13(16(5)6)8-14-7-12-10(3)15-17-11(12)4/h9,13-14H,7-8H2,1-6H3. The zero-order chi connectivity index (χ0) is 13.0. The number of likely N-dealkylation sites (N-methyl/N-ethyl adjacent to an activating group) is 1.